The lowest BCUT2D eigenvalue weighted by molar-refractivity contribution is -0.117. The van der Waals surface area contributed by atoms with Crippen LogP contribution < -0.4 is 10.9 Å². The number of carbonyl (C=O) groups excluding carboxylic acids is 1. The fourth-order valence-electron chi connectivity index (χ4n) is 3.20. The number of hydrogen-bond donors (Lipinski definition) is 1. The summed E-state index contributed by atoms with van der Waals surface area (Å²) in [6, 6.07) is 17.0. The van der Waals surface area contributed by atoms with Crippen LogP contribution in [0.5, 0.6) is 0 Å². The van der Waals surface area contributed by atoms with Crippen molar-refractivity contribution in [1.82, 2.24) is 4.57 Å². The van der Waals surface area contributed by atoms with Crippen molar-refractivity contribution in [3.8, 4) is 0 Å². The molecule has 0 saturated carbocycles. The molecule has 4 nitrogen and oxygen atoms in total. The zero-order chi connectivity index (χ0) is 19.6. The Bertz CT molecular complexity index is 1010. The van der Waals surface area contributed by atoms with Crippen LogP contribution in [0.15, 0.2) is 65.6 Å². The van der Waals surface area contributed by atoms with Gasteiger partial charge in [-0.1, -0.05) is 57.2 Å². The molecule has 0 aliphatic rings. The molecule has 0 bridgehead atoms. The third kappa shape index (κ3) is 4.27. The topological polar surface area (TPSA) is 51.1 Å². The third-order valence-corrected chi connectivity index (χ3v) is 4.61. The van der Waals surface area contributed by atoms with Crippen LogP contribution in [0.4, 0.5) is 5.69 Å². The third-order valence-electron chi connectivity index (χ3n) is 4.61. The minimum absolute atomic E-state index is 0.00838. The number of nitrogens with one attached hydrogen (secondary N) is 1. The van der Waals surface area contributed by atoms with Crippen LogP contribution in [-0.4, -0.2) is 10.5 Å². The maximum atomic E-state index is 12.8. The molecule has 140 valence electrons. The SMILES string of the molecule is CC(C(=O)Nc1cccc2c(=O)n(CC(C)(C)C)ccc12)c1ccccc1. The highest BCUT2D eigenvalue weighted by atomic mass is 16.2. The summed E-state index contributed by atoms with van der Waals surface area (Å²) in [5, 5.41) is 4.37. The molecule has 1 N–H and O–H groups in total. The highest BCUT2D eigenvalue weighted by Gasteiger charge is 2.17. The molecule has 0 spiro atoms. The number of pyridine rings is 1. The Morgan fingerprint density at radius 1 is 1.00 bits per heavy atom. The molecular weight excluding hydrogens is 336 g/mol. The van der Waals surface area contributed by atoms with E-state index in [1.807, 2.05) is 67.7 Å². The van der Waals surface area contributed by atoms with E-state index in [1.54, 1.807) is 4.57 Å². The van der Waals surface area contributed by atoms with E-state index < -0.39 is 0 Å². The number of amides is 1. The Hall–Kier alpha value is -2.88. The number of hydrogen-bond acceptors (Lipinski definition) is 2. The van der Waals surface area contributed by atoms with E-state index in [2.05, 4.69) is 26.1 Å². The zero-order valence-electron chi connectivity index (χ0n) is 16.3. The summed E-state index contributed by atoms with van der Waals surface area (Å²) in [6.07, 6.45) is 1.81. The molecule has 2 aromatic carbocycles. The largest absolute Gasteiger partial charge is 0.325 e. The van der Waals surface area contributed by atoms with Crippen LogP contribution in [0.3, 0.4) is 0 Å². The van der Waals surface area contributed by atoms with Crippen LogP contribution in [0.1, 0.15) is 39.2 Å². The normalized spacial score (nSPS) is 12.7. The van der Waals surface area contributed by atoms with E-state index in [-0.39, 0.29) is 22.8 Å². The summed E-state index contributed by atoms with van der Waals surface area (Å²) in [5.41, 5.74) is 1.60. The molecule has 1 amide bonds. The van der Waals surface area contributed by atoms with Crippen LogP contribution in [-0.2, 0) is 11.3 Å². The Balaban J connectivity index is 1.93. The Labute approximate surface area is 159 Å². The molecule has 0 aliphatic carbocycles. The van der Waals surface area contributed by atoms with Crippen molar-refractivity contribution >= 4 is 22.4 Å². The average Bonchev–Trinajstić information content (AvgIpc) is 2.63. The van der Waals surface area contributed by atoms with Crippen LogP contribution in [0.2, 0.25) is 0 Å². The highest BCUT2D eigenvalue weighted by Crippen LogP contribution is 2.24. The maximum absolute atomic E-state index is 12.8. The smallest absolute Gasteiger partial charge is 0.258 e. The number of benzene rings is 2. The van der Waals surface area contributed by atoms with E-state index >= 15 is 0 Å². The van der Waals surface area contributed by atoms with Gasteiger partial charge < -0.3 is 9.88 Å². The Kier molecular flexibility index (Phi) is 5.17. The molecule has 1 unspecified atom stereocenters. The molecule has 1 aromatic heterocycles. The molecule has 3 rings (SSSR count). The van der Waals surface area contributed by atoms with E-state index in [1.165, 1.54) is 0 Å². The molecule has 1 heterocycles. The van der Waals surface area contributed by atoms with Gasteiger partial charge in [-0.05, 0) is 36.1 Å². The second kappa shape index (κ2) is 7.39. The number of nitrogens with zero attached hydrogens (tertiary/aromatic N) is 1. The maximum Gasteiger partial charge on any atom is 0.258 e. The van der Waals surface area contributed by atoms with Gasteiger partial charge in [0, 0.05) is 29.2 Å². The van der Waals surface area contributed by atoms with Gasteiger partial charge in [-0.3, -0.25) is 9.59 Å². The summed E-state index contributed by atoms with van der Waals surface area (Å²) >= 11 is 0. The minimum Gasteiger partial charge on any atom is -0.325 e. The van der Waals surface area contributed by atoms with E-state index in [9.17, 15) is 9.59 Å². The lowest BCUT2D eigenvalue weighted by Gasteiger charge is -2.20. The Morgan fingerprint density at radius 2 is 1.70 bits per heavy atom. The second-order valence-electron chi connectivity index (χ2n) is 8.20. The summed E-state index contributed by atoms with van der Waals surface area (Å²) < 4.78 is 1.74. The monoisotopic (exact) mass is 362 g/mol. The van der Waals surface area contributed by atoms with E-state index in [0.717, 1.165) is 10.9 Å². The van der Waals surface area contributed by atoms with E-state index in [0.29, 0.717) is 17.6 Å². The molecule has 0 fully saturated rings. The van der Waals surface area contributed by atoms with Gasteiger partial charge in [-0.2, -0.15) is 0 Å². The Morgan fingerprint density at radius 3 is 2.37 bits per heavy atom. The number of carbonyl (C=O) groups is 1. The van der Waals surface area contributed by atoms with Gasteiger partial charge in [0.1, 0.15) is 0 Å². The van der Waals surface area contributed by atoms with Gasteiger partial charge in [0.25, 0.3) is 5.56 Å². The quantitative estimate of drug-likeness (QED) is 0.725. The molecule has 0 aliphatic heterocycles. The molecule has 27 heavy (non-hydrogen) atoms. The summed E-state index contributed by atoms with van der Waals surface area (Å²) in [4.78, 5) is 25.6. The lowest BCUT2D eigenvalue weighted by Crippen LogP contribution is -2.26. The van der Waals surface area contributed by atoms with Crippen molar-refractivity contribution in [2.45, 2.75) is 40.2 Å². The van der Waals surface area contributed by atoms with Crippen LogP contribution >= 0.6 is 0 Å². The summed E-state index contributed by atoms with van der Waals surface area (Å²) in [7, 11) is 0. The van der Waals surface area contributed by atoms with Gasteiger partial charge in [-0.25, -0.2) is 0 Å². The molecule has 0 saturated heterocycles. The van der Waals surface area contributed by atoms with Gasteiger partial charge in [-0.15, -0.1) is 0 Å². The first-order valence-electron chi connectivity index (χ1n) is 9.24. The minimum atomic E-state index is -0.275. The first-order valence-corrected chi connectivity index (χ1v) is 9.24. The number of aromatic nitrogens is 1. The van der Waals surface area contributed by atoms with Crippen molar-refractivity contribution in [3.63, 3.8) is 0 Å². The van der Waals surface area contributed by atoms with E-state index in [4.69, 9.17) is 0 Å². The van der Waals surface area contributed by atoms with Crippen molar-refractivity contribution in [2.75, 3.05) is 5.32 Å². The molecule has 1 atom stereocenters. The average molecular weight is 362 g/mol. The molecule has 0 radical (unpaired) electrons. The molecule has 3 aromatic rings. The van der Waals surface area contributed by atoms with Gasteiger partial charge >= 0.3 is 0 Å². The zero-order valence-corrected chi connectivity index (χ0v) is 16.3. The van der Waals surface area contributed by atoms with Crippen molar-refractivity contribution in [3.05, 3.63) is 76.7 Å². The standard InChI is InChI=1S/C23H26N2O2/c1-16(17-9-6-5-7-10-17)21(26)24-20-12-8-11-19-18(20)13-14-25(22(19)27)15-23(2,3)4/h5-14,16H,15H2,1-4H3,(H,24,26). The fraction of sp³-hybridized carbons (Fsp3) is 0.304. The number of rotatable bonds is 4. The lowest BCUT2D eigenvalue weighted by atomic mass is 9.96. The van der Waals surface area contributed by atoms with Crippen molar-refractivity contribution in [1.29, 1.82) is 0 Å². The summed E-state index contributed by atoms with van der Waals surface area (Å²) in [6.45, 7) is 8.83. The number of fused-ring (bicyclic) bond motifs is 1. The van der Waals surface area contributed by atoms with Crippen LogP contribution in [0, 0.1) is 5.41 Å². The first kappa shape index (κ1) is 18.9. The number of anilines is 1. The molecular formula is C23H26N2O2. The van der Waals surface area contributed by atoms with Crippen molar-refractivity contribution in [2.24, 2.45) is 5.41 Å². The predicted octanol–water partition coefficient (Wildman–Crippen LogP) is 4.79. The second-order valence-corrected chi connectivity index (χ2v) is 8.20. The van der Waals surface area contributed by atoms with Gasteiger partial charge in [0.15, 0.2) is 0 Å². The fourth-order valence-corrected chi connectivity index (χ4v) is 3.20. The first-order chi connectivity index (χ1) is 12.8. The van der Waals surface area contributed by atoms with Gasteiger partial charge in [0.2, 0.25) is 5.91 Å². The molecule has 4 heteroatoms. The highest BCUT2D eigenvalue weighted by molar-refractivity contribution is 6.03. The summed E-state index contributed by atoms with van der Waals surface area (Å²) in [5.74, 6) is -0.365. The van der Waals surface area contributed by atoms with Crippen LogP contribution in [0.25, 0.3) is 10.8 Å². The van der Waals surface area contributed by atoms with Crippen molar-refractivity contribution < 1.29 is 4.79 Å². The predicted molar refractivity (Wildman–Crippen MR) is 111 cm³/mol. The van der Waals surface area contributed by atoms with Gasteiger partial charge in [0.05, 0.1) is 5.92 Å².